The van der Waals surface area contributed by atoms with Crippen molar-refractivity contribution in [3.8, 4) is 17.0 Å². The third-order valence-corrected chi connectivity index (χ3v) is 6.39. The van der Waals surface area contributed by atoms with E-state index >= 15 is 0 Å². The number of aromatic hydroxyl groups is 1. The van der Waals surface area contributed by atoms with Gasteiger partial charge in [-0.2, -0.15) is 0 Å². The van der Waals surface area contributed by atoms with Crippen LogP contribution in [0, 0.1) is 13.0 Å². The number of nitrogens with zero attached hydrogens (tertiary/aromatic N) is 4. The predicted molar refractivity (Wildman–Crippen MR) is 142 cm³/mol. The Morgan fingerprint density at radius 3 is 2.44 bits per heavy atom. The van der Waals surface area contributed by atoms with Crippen LogP contribution in [0.2, 0.25) is 0 Å². The second-order valence-corrected chi connectivity index (χ2v) is 9.13. The fourth-order valence-corrected chi connectivity index (χ4v) is 4.81. The number of aromatic nitrogens is 2. The van der Waals surface area contributed by atoms with Gasteiger partial charge < -0.3 is 14.9 Å². The van der Waals surface area contributed by atoms with Gasteiger partial charge in [-0.15, -0.1) is 23.8 Å². The van der Waals surface area contributed by atoms with E-state index in [1.807, 2.05) is 36.5 Å². The Morgan fingerprint density at radius 2 is 1.67 bits per heavy atom. The number of phenols is 1. The third kappa shape index (κ3) is 3.94. The number of benzene rings is 3. The summed E-state index contributed by atoms with van der Waals surface area (Å²) in [5.74, 6) is 1.02. The molecule has 1 N–H and O–H groups in total. The van der Waals surface area contributed by atoms with Crippen molar-refractivity contribution in [2.24, 2.45) is 0 Å². The van der Waals surface area contributed by atoms with Gasteiger partial charge in [-0.05, 0) is 73.7 Å². The molecule has 5 aromatic rings. The topological polar surface area (TPSA) is 52.5 Å². The number of phenolic OH excluding ortho intramolecular Hbond substituents is 1. The molecule has 0 saturated heterocycles. The van der Waals surface area contributed by atoms with E-state index in [1.54, 1.807) is 6.07 Å². The first kappa shape index (κ1) is 24.0. The van der Waals surface area contributed by atoms with E-state index in [2.05, 4.69) is 79.1 Å². The molecule has 0 radical (unpaired) electrons. The van der Waals surface area contributed by atoms with Gasteiger partial charge in [-0.1, -0.05) is 36.4 Å². The number of aryl methyl sites for hydroxylation is 1. The average Bonchev–Trinajstić information content (AvgIpc) is 2.86. The summed E-state index contributed by atoms with van der Waals surface area (Å²) in [6, 6.07) is 30.0. The molecule has 0 aliphatic carbocycles. The van der Waals surface area contributed by atoms with Crippen LogP contribution in [0.3, 0.4) is 0 Å². The van der Waals surface area contributed by atoms with Gasteiger partial charge in [0.1, 0.15) is 17.1 Å². The second kappa shape index (κ2) is 9.40. The normalized spacial score (nSPS) is 12.3. The molecule has 0 fully saturated rings. The third-order valence-electron chi connectivity index (χ3n) is 6.39. The quantitative estimate of drug-likeness (QED) is 0.206. The van der Waals surface area contributed by atoms with Crippen LogP contribution in [-0.2, 0) is 21.1 Å². The number of hydrogen-bond acceptors (Lipinski definition) is 5. The first-order chi connectivity index (χ1) is 17.0. The zero-order valence-electron chi connectivity index (χ0n) is 20.2. The van der Waals surface area contributed by atoms with Gasteiger partial charge in [0.05, 0.1) is 11.4 Å². The second-order valence-electron chi connectivity index (χ2n) is 9.13. The standard InChI is InChI=1S/C30H25N4O.Pt/c1-19(2)33-24-8-4-5-9-25(24)34(29-17-20(3)15-16-31-29)27-18-22(12-14-26(27)33)23-13-11-21-7-6-10-28(35)30(21)32-23;/h4-17,19,35H,1-3H3;/q-1;. The van der Waals surface area contributed by atoms with Gasteiger partial charge in [0, 0.05) is 38.7 Å². The van der Waals surface area contributed by atoms with E-state index in [9.17, 15) is 5.11 Å². The van der Waals surface area contributed by atoms with E-state index < -0.39 is 0 Å². The zero-order valence-corrected chi connectivity index (χ0v) is 22.5. The molecule has 5 nitrogen and oxygen atoms in total. The van der Waals surface area contributed by atoms with Crippen LogP contribution in [0.4, 0.5) is 28.6 Å². The van der Waals surface area contributed by atoms with Crippen molar-refractivity contribution < 1.29 is 26.2 Å². The summed E-state index contributed by atoms with van der Waals surface area (Å²) in [6.07, 6.45) is 1.85. The van der Waals surface area contributed by atoms with E-state index in [0.717, 1.165) is 50.8 Å². The van der Waals surface area contributed by atoms with E-state index in [4.69, 9.17) is 9.97 Å². The maximum absolute atomic E-state index is 10.4. The summed E-state index contributed by atoms with van der Waals surface area (Å²) in [6.45, 7) is 6.47. The fraction of sp³-hybridized carbons (Fsp3) is 0.133. The molecule has 36 heavy (non-hydrogen) atoms. The minimum absolute atomic E-state index is 0. The molecule has 1 aliphatic heterocycles. The molecule has 182 valence electrons. The van der Waals surface area contributed by atoms with E-state index in [1.165, 1.54) is 0 Å². The predicted octanol–water partition coefficient (Wildman–Crippen LogP) is 7.44. The van der Waals surface area contributed by atoms with Gasteiger partial charge >= 0.3 is 0 Å². The van der Waals surface area contributed by atoms with Crippen LogP contribution in [0.1, 0.15) is 19.4 Å². The molecule has 3 aromatic carbocycles. The largest absolute Gasteiger partial charge is 0.506 e. The summed E-state index contributed by atoms with van der Waals surface area (Å²) < 4.78 is 0. The number of hydrogen-bond donors (Lipinski definition) is 1. The minimum atomic E-state index is 0. The minimum Gasteiger partial charge on any atom is -0.506 e. The van der Waals surface area contributed by atoms with Crippen LogP contribution in [0.25, 0.3) is 22.2 Å². The Balaban J connectivity index is 0.00000267. The van der Waals surface area contributed by atoms with E-state index in [-0.39, 0.29) is 32.9 Å². The van der Waals surface area contributed by atoms with Crippen LogP contribution in [0.5, 0.6) is 5.75 Å². The smallest absolute Gasteiger partial charge is 0.140 e. The molecule has 1 aliphatic rings. The molecule has 3 heterocycles. The van der Waals surface area contributed by atoms with Crippen LogP contribution >= 0.6 is 0 Å². The van der Waals surface area contributed by atoms with Gasteiger partial charge in [0.15, 0.2) is 0 Å². The van der Waals surface area contributed by atoms with Crippen LogP contribution in [0.15, 0.2) is 85.1 Å². The summed E-state index contributed by atoms with van der Waals surface area (Å²) in [4.78, 5) is 14.0. The monoisotopic (exact) mass is 652 g/mol. The van der Waals surface area contributed by atoms with Crippen molar-refractivity contribution in [1.29, 1.82) is 0 Å². The Labute approximate surface area is 225 Å². The maximum atomic E-state index is 10.4. The summed E-state index contributed by atoms with van der Waals surface area (Å²) in [5.41, 5.74) is 7.52. The van der Waals surface area contributed by atoms with Gasteiger partial charge in [0.2, 0.25) is 0 Å². The van der Waals surface area contributed by atoms with E-state index in [0.29, 0.717) is 5.52 Å². The molecule has 6 rings (SSSR count). The van der Waals surface area contributed by atoms with Crippen LogP contribution in [-0.4, -0.2) is 21.1 Å². The number of para-hydroxylation sites is 3. The maximum Gasteiger partial charge on any atom is 0.140 e. The van der Waals surface area contributed by atoms with Gasteiger partial charge in [-0.25, -0.2) is 4.98 Å². The van der Waals surface area contributed by atoms with Crippen molar-refractivity contribution in [3.05, 3.63) is 96.7 Å². The average molecular weight is 653 g/mol. The number of fused-ring (bicyclic) bond motifs is 3. The molecule has 0 unspecified atom stereocenters. The molecule has 0 amide bonds. The zero-order chi connectivity index (χ0) is 24.1. The van der Waals surface area contributed by atoms with Crippen molar-refractivity contribution in [2.45, 2.75) is 26.8 Å². The molecule has 0 spiro atoms. The number of pyridine rings is 2. The molecule has 0 atom stereocenters. The molecule has 0 bridgehead atoms. The number of anilines is 5. The molecular formula is C30H25N4OPt-. The van der Waals surface area contributed by atoms with Crippen molar-refractivity contribution in [2.75, 3.05) is 9.80 Å². The Kier molecular flexibility index (Phi) is 6.27. The van der Waals surface area contributed by atoms with Gasteiger partial charge in [-0.3, -0.25) is 4.98 Å². The molecule has 2 aromatic heterocycles. The molecular weight excluding hydrogens is 627 g/mol. The van der Waals surface area contributed by atoms with Crippen LogP contribution < -0.4 is 9.80 Å². The summed E-state index contributed by atoms with van der Waals surface area (Å²) in [5, 5.41) is 11.3. The summed E-state index contributed by atoms with van der Waals surface area (Å²) >= 11 is 0. The molecule has 6 heteroatoms. The van der Waals surface area contributed by atoms with Crippen molar-refractivity contribution in [3.63, 3.8) is 0 Å². The first-order valence-corrected chi connectivity index (χ1v) is 11.8. The molecule has 0 saturated carbocycles. The van der Waals surface area contributed by atoms with Gasteiger partial charge in [0.25, 0.3) is 0 Å². The van der Waals surface area contributed by atoms with Crippen molar-refractivity contribution in [1.82, 2.24) is 9.97 Å². The fourth-order valence-electron chi connectivity index (χ4n) is 4.81. The van der Waals surface area contributed by atoms with Crippen molar-refractivity contribution >= 4 is 39.5 Å². The Hall–Kier alpha value is -3.69. The SMILES string of the molecule is Cc1ccnc(N2c3[c-]c(-c4ccc5cccc(O)c5n4)ccc3N(C(C)C)c3ccccc32)c1.[Pt]. The Bertz CT molecular complexity index is 1580. The Morgan fingerprint density at radius 1 is 0.861 bits per heavy atom. The first-order valence-electron chi connectivity index (χ1n) is 11.8. The summed E-state index contributed by atoms with van der Waals surface area (Å²) in [7, 11) is 0. The number of rotatable bonds is 3.